The van der Waals surface area contributed by atoms with Crippen LogP contribution in [0, 0.1) is 0 Å². The fourth-order valence-corrected chi connectivity index (χ4v) is 2.69. The van der Waals surface area contributed by atoms with Gasteiger partial charge in [0.15, 0.2) is 0 Å². The van der Waals surface area contributed by atoms with E-state index in [1.165, 1.54) is 15.9 Å². The zero-order valence-electron chi connectivity index (χ0n) is 9.79. The third-order valence-electron chi connectivity index (χ3n) is 2.55. The van der Waals surface area contributed by atoms with Crippen LogP contribution in [0.5, 0.6) is 0 Å². The first-order valence-corrected chi connectivity index (χ1v) is 6.72. The second-order valence-corrected chi connectivity index (χ2v) is 5.05. The summed E-state index contributed by atoms with van der Waals surface area (Å²) in [6.07, 6.45) is 0. The molecule has 0 saturated carbocycles. The van der Waals surface area contributed by atoms with Crippen molar-refractivity contribution < 1.29 is 0 Å². The monoisotopic (exact) mass is 234 g/mol. The van der Waals surface area contributed by atoms with Gasteiger partial charge in [-0.25, -0.2) is 0 Å². The maximum absolute atomic E-state index is 3.43. The van der Waals surface area contributed by atoms with E-state index in [1.807, 2.05) is 11.8 Å². The number of H-pyrrole nitrogens is 1. The minimum Gasteiger partial charge on any atom is -0.350 e. The van der Waals surface area contributed by atoms with Crippen LogP contribution in [0.3, 0.4) is 0 Å². The van der Waals surface area contributed by atoms with E-state index < -0.39 is 0 Å². The summed E-state index contributed by atoms with van der Waals surface area (Å²) in [6, 6.07) is 11.2. The Bertz CT molecular complexity index is 417. The van der Waals surface area contributed by atoms with Crippen molar-refractivity contribution in [2.45, 2.75) is 24.9 Å². The molecule has 1 aromatic heterocycles. The second-order valence-electron chi connectivity index (χ2n) is 3.99. The Hall–Kier alpha value is -0.930. The number of aromatic nitrogens is 1. The first-order valence-electron chi connectivity index (χ1n) is 5.73. The summed E-state index contributed by atoms with van der Waals surface area (Å²) in [7, 11) is 0. The van der Waals surface area contributed by atoms with E-state index in [9.17, 15) is 0 Å². The first kappa shape index (κ1) is 11.6. The fourth-order valence-electron chi connectivity index (χ4n) is 1.75. The summed E-state index contributed by atoms with van der Waals surface area (Å²) in [5, 5.41) is 5.96. The summed E-state index contributed by atoms with van der Waals surface area (Å²) < 4.78 is 0. The van der Waals surface area contributed by atoms with Crippen molar-refractivity contribution >= 4 is 22.7 Å². The lowest BCUT2D eigenvalue weighted by Gasteiger charge is -2.10. The topological polar surface area (TPSA) is 27.8 Å². The SMILES string of the molecule is CCNC(C)CSc1cc2ccccc2[nH]1. The van der Waals surface area contributed by atoms with E-state index in [1.54, 1.807) is 0 Å². The number of aromatic amines is 1. The largest absolute Gasteiger partial charge is 0.350 e. The van der Waals surface area contributed by atoms with Gasteiger partial charge in [-0.2, -0.15) is 0 Å². The molecule has 1 unspecified atom stereocenters. The number of thioether (sulfide) groups is 1. The van der Waals surface area contributed by atoms with E-state index in [4.69, 9.17) is 0 Å². The molecule has 0 radical (unpaired) electrons. The molecule has 0 spiro atoms. The van der Waals surface area contributed by atoms with E-state index in [-0.39, 0.29) is 0 Å². The van der Waals surface area contributed by atoms with Crippen LogP contribution in [0.1, 0.15) is 13.8 Å². The van der Waals surface area contributed by atoms with Crippen LogP contribution in [-0.4, -0.2) is 23.3 Å². The van der Waals surface area contributed by atoms with E-state index in [0.29, 0.717) is 6.04 Å². The number of hydrogen-bond acceptors (Lipinski definition) is 2. The number of fused-ring (bicyclic) bond motifs is 1. The molecule has 86 valence electrons. The smallest absolute Gasteiger partial charge is 0.0733 e. The van der Waals surface area contributed by atoms with Crippen molar-refractivity contribution in [3.05, 3.63) is 30.3 Å². The molecule has 0 fully saturated rings. The molecule has 0 amide bonds. The molecule has 1 heterocycles. The quantitative estimate of drug-likeness (QED) is 0.777. The van der Waals surface area contributed by atoms with Crippen molar-refractivity contribution in [1.29, 1.82) is 0 Å². The number of para-hydroxylation sites is 1. The van der Waals surface area contributed by atoms with Gasteiger partial charge < -0.3 is 10.3 Å². The number of hydrogen-bond donors (Lipinski definition) is 2. The second kappa shape index (κ2) is 5.41. The predicted molar refractivity (Wildman–Crippen MR) is 72.2 cm³/mol. The minimum absolute atomic E-state index is 0.557. The molecule has 16 heavy (non-hydrogen) atoms. The highest BCUT2D eigenvalue weighted by Gasteiger charge is 2.03. The van der Waals surface area contributed by atoms with Crippen LogP contribution in [0.25, 0.3) is 10.9 Å². The Labute approximate surface area is 101 Å². The van der Waals surface area contributed by atoms with Gasteiger partial charge in [0.2, 0.25) is 0 Å². The average Bonchev–Trinajstić information content (AvgIpc) is 2.69. The molecule has 2 rings (SSSR count). The van der Waals surface area contributed by atoms with Gasteiger partial charge in [-0.1, -0.05) is 25.1 Å². The van der Waals surface area contributed by atoms with Gasteiger partial charge in [0.05, 0.1) is 5.03 Å². The summed E-state index contributed by atoms with van der Waals surface area (Å²) in [4.78, 5) is 3.43. The molecule has 0 aliphatic rings. The lowest BCUT2D eigenvalue weighted by atomic mass is 10.3. The molecule has 0 bridgehead atoms. The first-order chi connectivity index (χ1) is 7.79. The highest BCUT2D eigenvalue weighted by Crippen LogP contribution is 2.23. The Kier molecular flexibility index (Phi) is 3.91. The maximum atomic E-state index is 3.43. The summed E-state index contributed by atoms with van der Waals surface area (Å²) in [5.74, 6) is 1.10. The molecule has 2 nitrogen and oxygen atoms in total. The van der Waals surface area contributed by atoms with Crippen molar-refractivity contribution in [3.63, 3.8) is 0 Å². The summed E-state index contributed by atoms with van der Waals surface area (Å²) >= 11 is 1.88. The molecule has 1 atom stereocenters. The Morgan fingerprint density at radius 3 is 2.94 bits per heavy atom. The Morgan fingerprint density at radius 2 is 2.19 bits per heavy atom. The molecule has 2 aromatic rings. The summed E-state index contributed by atoms with van der Waals surface area (Å²) in [6.45, 7) is 5.40. The van der Waals surface area contributed by atoms with Crippen LogP contribution >= 0.6 is 11.8 Å². The fraction of sp³-hybridized carbons (Fsp3) is 0.385. The van der Waals surface area contributed by atoms with Crippen LogP contribution in [0.4, 0.5) is 0 Å². The van der Waals surface area contributed by atoms with Crippen molar-refractivity contribution in [2.24, 2.45) is 0 Å². The average molecular weight is 234 g/mol. The Morgan fingerprint density at radius 1 is 1.38 bits per heavy atom. The number of nitrogens with one attached hydrogen (secondary N) is 2. The van der Waals surface area contributed by atoms with Gasteiger partial charge in [-0.05, 0) is 25.6 Å². The predicted octanol–water partition coefficient (Wildman–Crippen LogP) is 3.26. The third-order valence-corrected chi connectivity index (χ3v) is 3.74. The minimum atomic E-state index is 0.557. The zero-order chi connectivity index (χ0) is 11.4. The van der Waals surface area contributed by atoms with Crippen LogP contribution in [0.2, 0.25) is 0 Å². The van der Waals surface area contributed by atoms with Gasteiger partial charge >= 0.3 is 0 Å². The molecule has 2 N–H and O–H groups in total. The van der Waals surface area contributed by atoms with Gasteiger partial charge in [0, 0.05) is 22.7 Å². The molecule has 1 aromatic carbocycles. The Balaban J connectivity index is 1.99. The van der Waals surface area contributed by atoms with Crippen molar-refractivity contribution in [3.8, 4) is 0 Å². The molecule has 0 aliphatic carbocycles. The van der Waals surface area contributed by atoms with Gasteiger partial charge in [-0.3, -0.25) is 0 Å². The summed E-state index contributed by atoms with van der Waals surface area (Å²) in [5.41, 5.74) is 1.22. The third kappa shape index (κ3) is 2.80. The number of benzene rings is 1. The molecule has 3 heteroatoms. The standard InChI is InChI=1S/C13H18N2S/c1-3-14-10(2)9-16-13-8-11-6-4-5-7-12(11)15-13/h4-8,10,14-15H,3,9H2,1-2H3. The molecule has 0 saturated heterocycles. The highest BCUT2D eigenvalue weighted by molar-refractivity contribution is 7.99. The van der Waals surface area contributed by atoms with E-state index in [2.05, 4.69) is 54.5 Å². The van der Waals surface area contributed by atoms with Gasteiger partial charge in [0.1, 0.15) is 0 Å². The van der Waals surface area contributed by atoms with Crippen LogP contribution in [0.15, 0.2) is 35.4 Å². The van der Waals surface area contributed by atoms with Crippen molar-refractivity contribution in [1.82, 2.24) is 10.3 Å². The zero-order valence-corrected chi connectivity index (χ0v) is 10.6. The van der Waals surface area contributed by atoms with E-state index >= 15 is 0 Å². The number of rotatable bonds is 5. The molecule has 0 aliphatic heterocycles. The van der Waals surface area contributed by atoms with Crippen molar-refractivity contribution in [2.75, 3.05) is 12.3 Å². The maximum Gasteiger partial charge on any atom is 0.0733 e. The normalized spacial score (nSPS) is 13.1. The molecular formula is C13H18N2S. The highest BCUT2D eigenvalue weighted by atomic mass is 32.2. The lowest BCUT2D eigenvalue weighted by Crippen LogP contribution is -2.27. The van der Waals surface area contributed by atoms with E-state index in [0.717, 1.165) is 12.3 Å². The van der Waals surface area contributed by atoms with Gasteiger partial charge in [-0.15, -0.1) is 11.8 Å². The lowest BCUT2D eigenvalue weighted by molar-refractivity contribution is 0.620. The molecular weight excluding hydrogens is 216 g/mol. The van der Waals surface area contributed by atoms with Crippen LogP contribution in [-0.2, 0) is 0 Å². The van der Waals surface area contributed by atoms with Crippen LogP contribution < -0.4 is 5.32 Å². The van der Waals surface area contributed by atoms with Gasteiger partial charge in [0.25, 0.3) is 0 Å².